The van der Waals surface area contributed by atoms with E-state index in [4.69, 9.17) is 5.73 Å². The van der Waals surface area contributed by atoms with Crippen LogP contribution in [-0.4, -0.2) is 5.91 Å². The Hall–Kier alpha value is -0.0500. The lowest BCUT2D eigenvalue weighted by Crippen LogP contribution is -2.11. The highest BCUT2D eigenvalue weighted by Crippen LogP contribution is 2.16. The molecule has 12 heavy (non-hydrogen) atoms. The number of hydrogen-bond acceptors (Lipinski definition) is 2. The molecule has 3 N–H and O–H groups in total. The molecule has 0 spiro atoms. The molecule has 0 aliphatic heterocycles. The van der Waals surface area contributed by atoms with Crippen molar-refractivity contribution in [3.05, 3.63) is 27.3 Å². The molecular weight excluding hydrogens is 382 g/mol. The van der Waals surface area contributed by atoms with E-state index in [-0.39, 0.29) is 5.91 Å². The number of rotatable bonds is 1. The molecule has 1 aromatic rings. The van der Waals surface area contributed by atoms with Gasteiger partial charge < -0.3 is 5.73 Å². The molecule has 0 bridgehead atoms. The van der Waals surface area contributed by atoms with Gasteiger partial charge >= 0.3 is 0 Å². The van der Waals surface area contributed by atoms with Gasteiger partial charge in [0.15, 0.2) is 0 Å². The molecule has 0 saturated heterocycles. The molecule has 0 heterocycles. The van der Waals surface area contributed by atoms with Crippen LogP contribution in [0.25, 0.3) is 0 Å². The third-order valence-electron chi connectivity index (χ3n) is 1.34. The first kappa shape index (κ1) is 10.0. The largest absolute Gasteiger partial charge is 0.398 e. The van der Waals surface area contributed by atoms with Crippen LogP contribution in [0.5, 0.6) is 0 Å². The molecule has 0 unspecified atom stereocenters. The molecule has 1 aromatic carbocycles. The van der Waals surface area contributed by atoms with Crippen molar-refractivity contribution in [2.24, 2.45) is 0 Å². The van der Waals surface area contributed by atoms with Crippen molar-refractivity contribution in [1.29, 1.82) is 0 Å². The predicted molar refractivity (Wildman–Crippen MR) is 65.1 cm³/mol. The fraction of sp³-hybridized carbons (Fsp3) is 0. The van der Waals surface area contributed by atoms with Crippen LogP contribution in [0.4, 0.5) is 5.69 Å². The Bertz CT molecular complexity index is 314. The first-order chi connectivity index (χ1) is 5.65. The zero-order valence-corrected chi connectivity index (χ0v) is 10.3. The summed E-state index contributed by atoms with van der Waals surface area (Å²) in [5.74, 6) is -0.126. The van der Waals surface area contributed by atoms with Crippen LogP contribution >= 0.6 is 45.5 Å². The van der Waals surface area contributed by atoms with E-state index in [0.717, 1.165) is 3.57 Å². The van der Waals surface area contributed by atoms with Crippen molar-refractivity contribution in [3.63, 3.8) is 0 Å². The highest BCUT2D eigenvalue weighted by Gasteiger charge is 2.04. The number of carbonyl (C=O) groups is 1. The van der Waals surface area contributed by atoms with Crippen molar-refractivity contribution in [2.75, 3.05) is 5.73 Å². The standard InChI is InChI=1S/C7H6I2N2O/c8-5-2-1-4(3-6(5)10)7(12)11-9/h1-3H,10H2,(H,11,12). The monoisotopic (exact) mass is 388 g/mol. The van der Waals surface area contributed by atoms with Crippen molar-refractivity contribution in [3.8, 4) is 0 Å². The number of hydrogen-bond donors (Lipinski definition) is 2. The van der Waals surface area contributed by atoms with E-state index in [9.17, 15) is 4.79 Å². The minimum Gasteiger partial charge on any atom is -0.398 e. The molecule has 0 aliphatic carbocycles. The Morgan fingerprint density at radius 1 is 1.50 bits per heavy atom. The molecule has 0 atom stereocenters. The first-order valence-corrected chi connectivity index (χ1v) is 5.27. The number of nitrogens with one attached hydrogen (secondary N) is 1. The molecule has 0 aromatic heterocycles. The molecule has 0 fully saturated rings. The van der Waals surface area contributed by atoms with E-state index >= 15 is 0 Å². The van der Waals surface area contributed by atoms with Crippen LogP contribution in [0.2, 0.25) is 0 Å². The second kappa shape index (κ2) is 4.26. The second-order valence-electron chi connectivity index (χ2n) is 2.16. The Morgan fingerprint density at radius 2 is 2.17 bits per heavy atom. The maximum absolute atomic E-state index is 11.1. The van der Waals surface area contributed by atoms with Crippen molar-refractivity contribution in [1.82, 2.24) is 3.53 Å². The summed E-state index contributed by atoms with van der Waals surface area (Å²) in [6.45, 7) is 0. The van der Waals surface area contributed by atoms with Gasteiger partial charge in [0.25, 0.3) is 5.91 Å². The van der Waals surface area contributed by atoms with Crippen LogP contribution in [0, 0.1) is 3.57 Å². The van der Waals surface area contributed by atoms with Gasteiger partial charge in [-0.3, -0.25) is 8.32 Å². The van der Waals surface area contributed by atoms with E-state index in [1.54, 1.807) is 35.0 Å². The molecule has 3 nitrogen and oxygen atoms in total. The quantitative estimate of drug-likeness (QED) is 0.439. The van der Waals surface area contributed by atoms with Gasteiger partial charge in [0.05, 0.1) is 22.9 Å². The second-order valence-corrected chi connectivity index (χ2v) is 3.86. The number of benzene rings is 1. The lowest BCUT2D eigenvalue weighted by molar-refractivity contribution is 0.0989. The molecule has 0 saturated carbocycles. The molecule has 64 valence electrons. The highest BCUT2D eigenvalue weighted by molar-refractivity contribution is 14.1. The van der Waals surface area contributed by atoms with E-state index in [1.165, 1.54) is 0 Å². The summed E-state index contributed by atoms with van der Waals surface area (Å²) in [6, 6.07) is 5.22. The van der Waals surface area contributed by atoms with Crippen LogP contribution in [-0.2, 0) is 0 Å². The molecule has 5 heteroatoms. The number of halogens is 2. The Balaban J connectivity index is 3.05. The number of amides is 1. The maximum Gasteiger partial charge on any atom is 0.259 e. The number of nitrogens with two attached hydrogens (primary N) is 1. The highest BCUT2D eigenvalue weighted by atomic mass is 127. The van der Waals surface area contributed by atoms with E-state index < -0.39 is 0 Å². The predicted octanol–water partition coefficient (Wildman–Crippen LogP) is 1.95. The minimum absolute atomic E-state index is 0.126. The van der Waals surface area contributed by atoms with Gasteiger partial charge in [-0.25, -0.2) is 0 Å². The van der Waals surface area contributed by atoms with Crippen LogP contribution in [0.3, 0.4) is 0 Å². The lowest BCUT2D eigenvalue weighted by atomic mass is 10.2. The molecule has 1 rings (SSSR count). The minimum atomic E-state index is -0.126. The summed E-state index contributed by atoms with van der Waals surface area (Å²) in [5.41, 5.74) is 6.84. The number of anilines is 1. The third-order valence-corrected chi connectivity index (χ3v) is 2.82. The van der Waals surface area contributed by atoms with Crippen LogP contribution < -0.4 is 9.26 Å². The Morgan fingerprint density at radius 3 is 2.67 bits per heavy atom. The van der Waals surface area contributed by atoms with Gasteiger partial charge in [-0.1, -0.05) is 0 Å². The van der Waals surface area contributed by atoms with Gasteiger partial charge in [-0.15, -0.1) is 0 Å². The summed E-state index contributed by atoms with van der Waals surface area (Å²) in [6.07, 6.45) is 0. The summed E-state index contributed by atoms with van der Waals surface area (Å²) in [4.78, 5) is 11.1. The van der Waals surface area contributed by atoms with Crippen LogP contribution in [0.15, 0.2) is 18.2 Å². The normalized spacial score (nSPS) is 9.50. The summed E-state index contributed by atoms with van der Waals surface area (Å²) in [7, 11) is 0. The number of nitrogen functional groups attached to an aromatic ring is 1. The SMILES string of the molecule is Nc1cc(C(=O)NI)ccc1I. The van der Waals surface area contributed by atoms with E-state index in [0.29, 0.717) is 11.3 Å². The van der Waals surface area contributed by atoms with Crippen molar-refractivity contribution in [2.45, 2.75) is 0 Å². The van der Waals surface area contributed by atoms with Gasteiger partial charge in [0.2, 0.25) is 0 Å². The number of carbonyl (C=O) groups excluding carboxylic acids is 1. The summed E-state index contributed by atoms with van der Waals surface area (Å²) in [5, 5.41) is 0. The van der Waals surface area contributed by atoms with Crippen LogP contribution in [0.1, 0.15) is 10.4 Å². The average molecular weight is 388 g/mol. The van der Waals surface area contributed by atoms with Gasteiger partial charge in [0.1, 0.15) is 0 Å². The summed E-state index contributed by atoms with van der Waals surface area (Å²) >= 11 is 3.91. The van der Waals surface area contributed by atoms with Crippen molar-refractivity contribution >= 4 is 57.1 Å². The third kappa shape index (κ3) is 2.22. The fourth-order valence-corrected chi connectivity index (χ4v) is 1.39. The average Bonchev–Trinajstić information content (AvgIpc) is 2.08. The zero-order chi connectivity index (χ0) is 9.14. The first-order valence-electron chi connectivity index (χ1n) is 3.11. The lowest BCUT2D eigenvalue weighted by Gasteiger charge is -2.01. The smallest absolute Gasteiger partial charge is 0.259 e. The van der Waals surface area contributed by atoms with Gasteiger partial charge in [0, 0.05) is 14.8 Å². The topological polar surface area (TPSA) is 55.1 Å². The van der Waals surface area contributed by atoms with E-state index in [2.05, 4.69) is 26.1 Å². The van der Waals surface area contributed by atoms with E-state index in [1.807, 2.05) is 6.07 Å². The maximum atomic E-state index is 11.1. The van der Waals surface area contributed by atoms with Gasteiger partial charge in [-0.05, 0) is 40.8 Å². The van der Waals surface area contributed by atoms with Gasteiger partial charge in [-0.2, -0.15) is 0 Å². The molecule has 0 aliphatic rings. The molecular formula is C7H6I2N2O. The summed E-state index contributed by atoms with van der Waals surface area (Å²) < 4.78 is 3.46. The fourth-order valence-electron chi connectivity index (χ4n) is 0.740. The van der Waals surface area contributed by atoms with Crippen molar-refractivity contribution < 1.29 is 4.79 Å². The Labute approximate surface area is 97.7 Å². The molecule has 1 amide bonds. The Kier molecular flexibility index (Phi) is 3.56. The molecule has 0 radical (unpaired) electrons. The zero-order valence-electron chi connectivity index (χ0n) is 5.97.